The van der Waals surface area contributed by atoms with E-state index in [1.165, 1.54) is 18.4 Å². The van der Waals surface area contributed by atoms with Crippen molar-refractivity contribution in [1.82, 2.24) is 15.5 Å². The SMILES string of the molecule is C[C@@H](C(=O)NCCC1=CCCCC1)N1C(=O)NC2(CCCCC2)C1=O. The third-order valence-corrected chi connectivity index (χ3v) is 5.80. The highest BCUT2D eigenvalue weighted by atomic mass is 16.2. The third kappa shape index (κ3) is 3.72. The molecule has 1 aliphatic heterocycles. The fourth-order valence-electron chi connectivity index (χ4n) is 4.23. The maximum atomic E-state index is 12.8. The van der Waals surface area contributed by atoms with Crippen LogP contribution in [0, 0.1) is 0 Å². The minimum absolute atomic E-state index is 0.227. The predicted octanol–water partition coefficient (Wildman–Crippen LogP) is 2.64. The van der Waals surface area contributed by atoms with E-state index in [4.69, 9.17) is 0 Å². The summed E-state index contributed by atoms with van der Waals surface area (Å²) in [6, 6.07) is -1.20. The molecule has 0 bridgehead atoms. The minimum Gasteiger partial charge on any atom is -0.354 e. The average molecular weight is 347 g/mol. The number of hydrogen-bond acceptors (Lipinski definition) is 3. The number of urea groups is 1. The Hall–Kier alpha value is -1.85. The fourth-order valence-corrected chi connectivity index (χ4v) is 4.23. The zero-order valence-corrected chi connectivity index (χ0v) is 15.1. The number of hydrogen-bond donors (Lipinski definition) is 2. The fraction of sp³-hybridized carbons (Fsp3) is 0.737. The van der Waals surface area contributed by atoms with Crippen molar-refractivity contribution in [1.29, 1.82) is 0 Å². The van der Waals surface area contributed by atoms with Crippen molar-refractivity contribution in [2.24, 2.45) is 0 Å². The molecule has 1 heterocycles. The van der Waals surface area contributed by atoms with Gasteiger partial charge in [-0.3, -0.25) is 9.59 Å². The Morgan fingerprint density at radius 3 is 2.68 bits per heavy atom. The van der Waals surface area contributed by atoms with Crippen LogP contribution in [0.5, 0.6) is 0 Å². The Balaban J connectivity index is 1.55. The molecule has 3 rings (SSSR count). The predicted molar refractivity (Wildman–Crippen MR) is 94.8 cm³/mol. The summed E-state index contributed by atoms with van der Waals surface area (Å²) in [5, 5.41) is 5.75. The molecule has 6 nitrogen and oxygen atoms in total. The van der Waals surface area contributed by atoms with Crippen LogP contribution in [-0.4, -0.2) is 40.9 Å². The first-order chi connectivity index (χ1) is 12.0. The summed E-state index contributed by atoms with van der Waals surface area (Å²) in [6.07, 6.45) is 12.2. The number of carbonyl (C=O) groups excluding carboxylic acids is 3. The molecule has 2 N–H and O–H groups in total. The Kier molecular flexibility index (Phi) is 5.45. The summed E-state index contributed by atoms with van der Waals surface area (Å²) in [6.45, 7) is 2.19. The summed E-state index contributed by atoms with van der Waals surface area (Å²) < 4.78 is 0. The first-order valence-electron chi connectivity index (χ1n) is 9.65. The molecule has 0 radical (unpaired) electrons. The lowest BCUT2D eigenvalue weighted by Crippen LogP contribution is -2.51. The molecule has 0 aromatic carbocycles. The Morgan fingerprint density at radius 1 is 1.24 bits per heavy atom. The largest absolute Gasteiger partial charge is 0.354 e. The van der Waals surface area contributed by atoms with Crippen LogP contribution in [0.4, 0.5) is 4.79 Å². The van der Waals surface area contributed by atoms with Gasteiger partial charge in [-0.2, -0.15) is 0 Å². The van der Waals surface area contributed by atoms with Crippen LogP contribution in [0.25, 0.3) is 0 Å². The van der Waals surface area contributed by atoms with Crippen LogP contribution in [0.2, 0.25) is 0 Å². The third-order valence-electron chi connectivity index (χ3n) is 5.80. The zero-order valence-electron chi connectivity index (χ0n) is 15.1. The van der Waals surface area contributed by atoms with Crippen molar-refractivity contribution in [3.05, 3.63) is 11.6 Å². The molecule has 2 fully saturated rings. The number of rotatable bonds is 5. The lowest BCUT2D eigenvalue weighted by Gasteiger charge is -2.31. The van der Waals surface area contributed by atoms with E-state index in [1.54, 1.807) is 6.92 Å². The molecule has 3 aliphatic rings. The zero-order chi connectivity index (χ0) is 17.9. The quantitative estimate of drug-likeness (QED) is 0.593. The van der Waals surface area contributed by atoms with Crippen molar-refractivity contribution in [3.8, 4) is 0 Å². The van der Waals surface area contributed by atoms with Crippen LogP contribution < -0.4 is 10.6 Å². The minimum atomic E-state index is -0.769. The molecule has 138 valence electrons. The van der Waals surface area contributed by atoms with Crippen LogP contribution in [0.15, 0.2) is 11.6 Å². The van der Waals surface area contributed by atoms with Gasteiger partial charge in [-0.25, -0.2) is 9.69 Å². The molecule has 0 aromatic heterocycles. The number of nitrogens with one attached hydrogen (secondary N) is 2. The number of amides is 4. The van der Waals surface area contributed by atoms with E-state index in [0.29, 0.717) is 19.4 Å². The van der Waals surface area contributed by atoms with Crippen molar-refractivity contribution >= 4 is 17.8 Å². The van der Waals surface area contributed by atoms with E-state index >= 15 is 0 Å². The molecule has 6 heteroatoms. The monoisotopic (exact) mass is 347 g/mol. The van der Waals surface area contributed by atoms with E-state index in [2.05, 4.69) is 16.7 Å². The van der Waals surface area contributed by atoms with Crippen LogP contribution in [0.1, 0.15) is 71.1 Å². The van der Waals surface area contributed by atoms with E-state index in [9.17, 15) is 14.4 Å². The number of nitrogens with zero attached hydrogens (tertiary/aromatic N) is 1. The number of imide groups is 1. The topological polar surface area (TPSA) is 78.5 Å². The van der Waals surface area contributed by atoms with Crippen LogP contribution in [0.3, 0.4) is 0 Å². The van der Waals surface area contributed by atoms with Gasteiger partial charge in [0.05, 0.1) is 0 Å². The molecule has 1 saturated heterocycles. The molecular weight excluding hydrogens is 318 g/mol. The Labute approximate surface area is 149 Å². The molecule has 4 amide bonds. The molecular formula is C19H29N3O3. The number of carbonyl (C=O) groups is 3. The lowest BCUT2D eigenvalue weighted by atomic mass is 9.81. The highest BCUT2D eigenvalue weighted by Gasteiger charge is 2.53. The van der Waals surface area contributed by atoms with Crippen molar-refractivity contribution in [2.75, 3.05) is 6.54 Å². The normalized spacial score (nSPS) is 24.0. The molecule has 0 unspecified atom stereocenters. The van der Waals surface area contributed by atoms with E-state index in [1.807, 2.05) is 0 Å². The molecule has 1 atom stereocenters. The van der Waals surface area contributed by atoms with Gasteiger partial charge < -0.3 is 10.6 Å². The standard InChI is InChI=1S/C19H29N3O3/c1-14(16(23)20-13-10-15-8-4-2-5-9-15)22-17(24)19(21-18(22)25)11-6-3-7-12-19/h8,14H,2-7,9-13H2,1H3,(H,20,23)(H,21,25)/t14-/m0/s1. The Bertz CT molecular complexity index is 578. The van der Waals surface area contributed by atoms with Crippen molar-refractivity contribution < 1.29 is 14.4 Å². The Morgan fingerprint density at radius 2 is 2.00 bits per heavy atom. The molecule has 1 saturated carbocycles. The van der Waals surface area contributed by atoms with Crippen molar-refractivity contribution in [3.63, 3.8) is 0 Å². The summed E-state index contributed by atoms with van der Waals surface area (Å²) in [4.78, 5) is 38.7. The molecule has 2 aliphatic carbocycles. The van der Waals surface area contributed by atoms with E-state index < -0.39 is 17.6 Å². The summed E-state index contributed by atoms with van der Waals surface area (Å²) in [5.41, 5.74) is 0.631. The van der Waals surface area contributed by atoms with Gasteiger partial charge >= 0.3 is 6.03 Å². The van der Waals surface area contributed by atoms with Gasteiger partial charge in [0.25, 0.3) is 5.91 Å². The second-order valence-electron chi connectivity index (χ2n) is 7.57. The highest BCUT2D eigenvalue weighted by molar-refractivity contribution is 6.09. The van der Waals surface area contributed by atoms with Gasteiger partial charge in [-0.1, -0.05) is 30.9 Å². The average Bonchev–Trinajstić information content (AvgIpc) is 2.85. The van der Waals surface area contributed by atoms with Gasteiger partial charge in [-0.15, -0.1) is 0 Å². The van der Waals surface area contributed by atoms with Crippen LogP contribution >= 0.6 is 0 Å². The summed E-state index contributed by atoms with van der Waals surface area (Å²) in [5.74, 6) is -0.484. The molecule has 1 spiro atoms. The van der Waals surface area contributed by atoms with Gasteiger partial charge in [-0.05, 0) is 51.9 Å². The lowest BCUT2D eigenvalue weighted by molar-refractivity contribution is -0.138. The molecule has 0 aromatic rings. The maximum Gasteiger partial charge on any atom is 0.325 e. The molecule has 25 heavy (non-hydrogen) atoms. The smallest absolute Gasteiger partial charge is 0.325 e. The van der Waals surface area contributed by atoms with Gasteiger partial charge in [0, 0.05) is 6.54 Å². The van der Waals surface area contributed by atoms with E-state index in [0.717, 1.165) is 43.4 Å². The first kappa shape index (κ1) is 18.0. The van der Waals surface area contributed by atoms with Gasteiger partial charge in [0.2, 0.25) is 5.91 Å². The van der Waals surface area contributed by atoms with E-state index in [-0.39, 0.29) is 11.8 Å². The van der Waals surface area contributed by atoms with Crippen LogP contribution in [-0.2, 0) is 9.59 Å². The highest BCUT2D eigenvalue weighted by Crippen LogP contribution is 2.34. The van der Waals surface area contributed by atoms with Crippen molar-refractivity contribution in [2.45, 2.75) is 82.7 Å². The second-order valence-corrected chi connectivity index (χ2v) is 7.57. The van der Waals surface area contributed by atoms with Gasteiger partial charge in [0.15, 0.2) is 0 Å². The summed E-state index contributed by atoms with van der Waals surface area (Å²) in [7, 11) is 0. The first-order valence-corrected chi connectivity index (χ1v) is 9.65. The second kappa shape index (κ2) is 7.58. The summed E-state index contributed by atoms with van der Waals surface area (Å²) >= 11 is 0. The number of allylic oxidation sites excluding steroid dienone is 1. The maximum absolute atomic E-state index is 12.8. The van der Waals surface area contributed by atoms with Gasteiger partial charge in [0.1, 0.15) is 11.6 Å².